The van der Waals surface area contributed by atoms with Crippen LogP contribution in [0.1, 0.15) is 5.82 Å². The number of rotatable bonds is 1. The second-order valence-electron chi connectivity index (χ2n) is 3.82. The summed E-state index contributed by atoms with van der Waals surface area (Å²) < 4.78 is 1.93. The topological polar surface area (TPSA) is 69.6 Å². The summed E-state index contributed by atoms with van der Waals surface area (Å²) in [5.41, 5.74) is 7.28. The van der Waals surface area contributed by atoms with E-state index in [1.54, 1.807) is 6.20 Å². The molecule has 0 saturated heterocycles. The van der Waals surface area contributed by atoms with Crippen molar-refractivity contribution in [3.63, 3.8) is 0 Å². The van der Waals surface area contributed by atoms with E-state index in [9.17, 15) is 0 Å². The third-order valence-corrected chi connectivity index (χ3v) is 2.69. The second-order valence-corrected chi connectivity index (χ2v) is 3.82. The Labute approximate surface area is 98.0 Å². The van der Waals surface area contributed by atoms with Crippen LogP contribution in [-0.2, 0) is 0 Å². The monoisotopic (exact) mass is 225 g/mol. The molecular formula is C12H11N5. The molecule has 3 rings (SSSR count). The van der Waals surface area contributed by atoms with Crippen molar-refractivity contribution in [2.24, 2.45) is 0 Å². The molecule has 17 heavy (non-hydrogen) atoms. The zero-order valence-electron chi connectivity index (χ0n) is 9.33. The van der Waals surface area contributed by atoms with Crippen LogP contribution in [0, 0.1) is 6.92 Å². The normalized spacial score (nSPS) is 10.9. The number of benzene rings is 1. The summed E-state index contributed by atoms with van der Waals surface area (Å²) in [6.07, 6.45) is 5.17. The van der Waals surface area contributed by atoms with Gasteiger partial charge >= 0.3 is 0 Å². The molecule has 2 heterocycles. The predicted molar refractivity (Wildman–Crippen MR) is 65.8 cm³/mol. The predicted octanol–water partition coefficient (Wildman–Crippen LogP) is 1.71. The smallest absolute Gasteiger partial charge is 0.149 e. The number of fused-ring (bicyclic) bond motifs is 1. The summed E-state index contributed by atoms with van der Waals surface area (Å²) in [6.45, 7) is 1.94. The van der Waals surface area contributed by atoms with E-state index in [2.05, 4.69) is 15.0 Å². The van der Waals surface area contributed by atoms with Gasteiger partial charge in [0, 0.05) is 23.5 Å². The molecule has 0 aliphatic rings. The summed E-state index contributed by atoms with van der Waals surface area (Å²) >= 11 is 0. The van der Waals surface area contributed by atoms with Crippen molar-refractivity contribution in [2.45, 2.75) is 6.92 Å². The molecule has 0 spiro atoms. The van der Waals surface area contributed by atoms with E-state index in [0.29, 0.717) is 5.69 Å². The van der Waals surface area contributed by atoms with E-state index in [-0.39, 0.29) is 0 Å². The van der Waals surface area contributed by atoms with Gasteiger partial charge in [-0.05, 0) is 25.1 Å². The van der Waals surface area contributed by atoms with Gasteiger partial charge in [-0.2, -0.15) is 0 Å². The number of imidazole rings is 1. The summed E-state index contributed by atoms with van der Waals surface area (Å²) in [6, 6.07) is 5.62. The third-order valence-electron chi connectivity index (χ3n) is 2.69. The lowest BCUT2D eigenvalue weighted by Gasteiger charge is -2.07. The maximum Gasteiger partial charge on any atom is 0.149 e. The molecule has 2 N–H and O–H groups in total. The van der Waals surface area contributed by atoms with Crippen LogP contribution in [0.4, 0.5) is 5.69 Å². The summed E-state index contributed by atoms with van der Waals surface area (Å²) in [5.74, 6) is 1.71. The first kappa shape index (κ1) is 9.77. The molecule has 0 unspecified atom stereocenters. The van der Waals surface area contributed by atoms with E-state index < -0.39 is 0 Å². The summed E-state index contributed by atoms with van der Waals surface area (Å²) in [7, 11) is 0. The zero-order chi connectivity index (χ0) is 11.8. The van der Waals surface area contributed by atoms with Gasteiger partial charge in [0.15, 0.2) is 0 Å². The van der Waals surface area contributed by atoms with Crippen molar-refractivity contribution < 1.29 is 0 Å². The minimum Gasteiger partial charge on any atom is -0.399 e. The minimum atomic E-state index is 0.699. The van der Waals surface area contributed by atoms with E-state index in [4.69, 9.17) is 5.73 Å². The first-order valence-electron chi connectivity index (χ1n) is 5.26. The van der Waals surface area contributed by atoms with E-state index in [1.165, 1.54) is 6.33 Å². The molecule has 0 radical (unpaired) electrons. The van der Waals surface area contributed by atoms with E-state index in [1.807, 2.05) is 35.9 Å². The molecule has 0 bridgehead atoms. The molecule has 3 aromatic rings. The number of nitrogen functional groups attached to an aromatic ring is 1. The average Bonchev–Trinajstić information content (AvgIpc) is 2.74. The molecule has 0 atom stereocenters. The highest BCUT2D eigenvalue weighted by Crippen LogP contribution is 2.21. The highest BCUT2D eigenvalue weighted by molar-refractivity contribution is 5.87. The Bertz CT molecular complexity index is 686. The van der Waals surface area contributed by atoms with Crippen LogP contribution >= 0.6 is 0 Å². The van der Waals surface area contributed by atoms with Crippen molar-refractivity contribution in [1.29, 1.82) is 0 Å². The van der Waals surface area contributed by atoms with Gasteiger partial charge in [-0.3, -0.25) is 4.57 Å². The number of nitrogens with two attached hydrogens (primary N) is 1. The van der Waals surface area contributed by atoms with E-state index >= 15 is 0 Å². The van der Waals surface area contributed by atoms with Gasteiger partial charge in [0.25, 0.3) is 0 Å². The molecule has 0 amide bonds. The van der Waals surface area contributed by atoms with Crippen molar-refractivity contribution >= 4 is 16.6 Å². The second kappa shape index (κ2) is 3.55. The standard InChI is InChI=1S/C12H11N5/c1-8-14-4-5-17(8)12-10-3-2-9(13)6-11(10)15-7-16-12/h2-7H,13H2,1H3. The lowest BCUT2D eigenvalue weighted by molar-refractivity contribution is 0.935. The van der Waals surface area contributed by atoms with Crippen LogP contribution in [0.15, 0.2) is 36.9 Å². The van der Waals surface area contributed by atoms with Crippen LogP contribution in [-0.4, -0.2) is 19.5 Å². The highest BCUT2D eigenvalue weighted by Gasteiger charge is 2.07. The molecule has 2 aromatic heterocycles. The van der Waals surface area contributed by atoms with Gasteiger partial charge in [0.1, 0.15) is 18.0 Å². The molecule has 5 heteroatoms. The van der Waals surface area contributed by atoms with Crippen LogP contribution < -0.4 is 5.73 Å². The Morgan fingerprint density at radius 3 is 2.82 bits per heavy atom. The van der Waals surface area contributed by atoms with Crippen LogP contribution in [0.3, 0.4) is 0 Å². The third kappa shape index (κ3) is 1.52. The molecule has 0 aliphatic carbocycles. The van der Waals surface area contributed by atoms with Gasteiger partial charge in [-0.1, -0.05) is 0 Å². The highest BCUT2D eigenvalue weighted by atomic mass is 15.1. The number of anilines is 1. The maximum atomic E-state index is 5.74. The number of hydrogen-bond acceptors (Lipinski definition) is 4. The number of nitrogens with zero attached hydrogens (tertiary/aromatic N) is 4. The largest absolute Gasteiger partial charge is 0.399 e. The Morgan fingerprint density at radius 2 is 2.06 bits per heavy atom. The van der Waals surface area contributed by atoms with Crippen molar-refractivity contribution in [1.82, 2.24) is 19.5 Å². The van der Waals surface area contributed by atoms with Crippen LogP contribution in [0.5, 0.6) is 0 Å². The van der Waals surface area contributed by atoms with Crippen LogP contribution in [0.2, 0.25) is 0 Å². The maximum absolute atomic E-state index is 5.74. The Morgan fingerprint density at radius 1 is 1.18 bits per heavy atom. The molecular weight excluding hydrogens is 214 g/mol. The quantitative estimate of drug-likeness (QED) is 0.640. The van der Waals surface area contributed by atoms with Gasteiger partial charge in [0.2, 0.25) is 0 Å². The molecule has 84 valence electrons. The Balaban J connectivity index is 2.34. The first-order valence-corrected chi connectivity index (χ1v) is 5.26. The fraction of sp³-hybridized carbons (Fsp3) is 0.0833. The van der Waals surface area contributed by atoms with Gasteiger partial charge < -0.3 is 5.73 Å². The Hall–Kier alpha value is -2.43. The lowest BCUT2D eigenvalue weighted by atomic mass is 10.2. The zero-order valence-corrected chi connectivity index (χ0v) is 9.33. The molecule has 0 fully saturated rings. The number of aromatic nitrogens is 4. The summed E-state index contributed by atoms with van der Waals surface area (Å²) in [5, 5.41) is 0.961. The summed E-state index contributed by atoms with van der Waals surface area (Å²) in [4.78, 5) is 12.7. The SMILES string of the molecule is Cc1nccn1-c1ncnc2cc(N)ccc12. The van der Waals surface area contributed by atoms with Gasteiger partial charge in [-0.25, -0.2) is 15.0 Å². The van der Waals surface area contributed by atoms with Gasteiger partial charge in [-0.15, -0.1) is 0 Å². The first-order chi connectivity index (χ1) is 8.25. The van der Waals surface area contributed by atoms with Crippen molar-refractivity contribution in [3.05, 3.63) is 42.7 Å². The average molecular weight is 225 g/mol. The number of hydrogen-bond donors (Lipinski definition) is 1. The molecule has 0 saturated carbocycles. The van der Waals surface area contributed by atoms with Crippen molar-refractivity contribution in [3.8, 4) is 5.82 Å². The fourth-order valence-corrected chi connectivity index (χ4v) is 1.85. The minimum absolute atomic E-state index is 0.699. The fourth-order valence-electron chi connectivity index (χ4n) is 1.85. The van der Waals surface area contributed by atoms with Crippen molar-refractivity contribution in [2.75, 3.05) is 5.73 Å². The molecule has 1 aromatic carbocycles. The molecule has 5 nitrogen and oxygen atoms in total. The molecule has 0 aliphatic heterocycles. The Kier molecular flexibility index (Phi) is 2.04. The van der Waals surface area contributed by atoms with Gasteiger partial charge in [0.05, 0.1) is 5.52 Å². The lowest BCUT2D eigenvalue weighted by Crippen LogP contribution is -2.01. The number of aryl methyl sites for hydroxylation is 1. The van der Waals surface area contributed by atoms with E-state index in [0.717, 1.165) is 22.5 Å². The van der Waals surface area contributed by atoms with Crippen LogP contribution in [0.25, 0.3) is 16.7 Å².